The van der Waals surface area contributed by atoms with Crippen LogP contribution in [-0.4, -0.2) is 10.9 Å². The molecule has 0 saturated carbocycles. The Morgan fingerprint density at radius 3 is 1.97 bits per heavy atom. The first-order valence-electron chi connectivity index (χ1n) is 10.6. The van der Waals surface area contributed by atoms with E-state index in [1.165, 1.54) is 0 Å². The highest BCUT2D eigenvalue weighted by Gasteiger charge is 2.29. The number of aromatic hydroxyl groups is 1. The van der Waals surface area contributed by atoms with Gasteiger partial charge >= 0.3 is 5.63 Å². The van der Waals surface area contributed by atoms with Crippen molar-refractivity contribution in [3.63, 3.8) is 0 Å². The van der Waals surface area contributed by atoms with Crippen LogP contribution in [0.1, 0.15) is 64.4 Å². The molecule has 4 nitrogen and oxygen atoms in total. The molecule has 0 atom stereocenters. The monoisotopic (exact) mass is 402 g/mol. The number of carbonyl (C=O) groups excluding carboxylic acids is 1. The van der Waals surface area contributed by atoms with Gasteiger partial charge in [-0.15, -0.1) is 0 Å². The van der Waals surface area contributed by atoms with Crippen molar-refractivity contribution in [1.29, 1.82) is 0 Å². The highest BCUT2D eigenvalue weighted by Crippen LogP contribution is 2.35. The fourth-order valence-electron chi connectivity index (χ4n) is 4.35. The molecule has 0 aliphatic heterocycles. The maximum atomic E-state index is 13.0. The number of ketones is 1. The fraction of sp³-hybridized carbons (Fsp3) is 0.308. The van der Waals surface area contributed by atoms with Gasteiger partial charge in [-0.2, -0.15) is 0 Å². The van der Waals surface area contributed by atoms with Crippen molar-refractivity contribution in [2.24, 2.45) is 0 Å². The summed E-state index contributed by atoms with van der Waals surface area (Å²) in [4.78, 5) is 25.8. The standard InChI is InChI=1S/C26H26O4/c27-21-14-8-3-9-15-22-24(21)25(28)23(26(29)30-22)20(16-18-10-4-1-5-11-18)17-19-12-6-2-7-13-19/h1-2,4-7,10-13,20,28H,3,8-9,14-17H2. The molecule has 0 fully saturated rings. The van der Waals surface area contributed by atoms with E-state index in [9.17, 15) is 14.7 Å². The van der Waals surface area contributed by atoms with Crippen LogP contribution in [0, 0.1) is 0 Å². The first kappa shape index (κ1) is 20.1. The van der Waals surface area contributed by atoms with Gasteiger partial charge in [-0.3, -0.25) is 4.79 Å². The molecular weight excluding hydrogens is 376 g/mol. The van der Waals surface area contributed by atoms with E-state index in [1.54, 1.807) is 0 Å². The maximum Gasteiger partial charge on any atom is 0.343 e. The lowest BCUT2D eigenvalue weighted by molar-refractivity contribution is 0.0968. The molecule has 0 amide bonds. The predicted octanol–water partition coefficient (Wildman–Crippen LogP) is 5.21. The summed E-state index contributed by atoms with van der Waals surface area (Å²) in [5, 5.41) is 11.1. The van der Waals surface area contributed by atoms with Gasteiger partial charge in [0, 0.05) is 18.8 Å². The van der Waals surface area contributed by atoms with Crippen LogP contribution in [-0.2, 0) is 19.3 Å². The van der Waals surface area contributed by atoms with E-state index in [0.29, 0.717) is 31.4 Å². The van der Waals surface area contributed by atoms with Crippen molar-refractivity contribution < 1.29 is 14.3 Å². The van der Waals surface area contributed by atoms with Crippen molar-refractivity contribution in [2.75, 3.05) is 0 Å². The van der Waals surface area contributed by atoms with Gasteiger partial charge in [0.15, 0.2) is 5.78 Å². The van der Waals surface area contributed by atoms with E-state index < -0.39 is 5.63 Å². The topological polar surface area (TPSA) is 67.5 Å². The van der Waals surface area contributed by atoms with Crippen molar-refractivity contribution in [3.05, 3.63) is 99.1 Å². The summed E-state index contributed by atoms with van der Waals surface area (Å²) in [5.41, 5.74) is 2.04. The minimum Gasteiger partial charge on any atom is -0.506 e. The van der Waals surface area contributed by atoms with Crippen molar-refractivity contribution in [1.82, 2.24) is 0 Å². The smallest absolute Gasteiger partial charge is 0.343 e. The molecule has 0 bridgehead atoms. The third kappa shape index (κ3) is 4.38. The Balaban J connectivity index is 1.81. The van der Waals surface area contributed by atoms with Gasteiger partial charge in [-0.1, -0.05) is 67.1 Å². The molecule has 0 radical (unpaired) electrons. The van der Waals surface area contributed by atoms with Gasteiger partial charge in [0.2, 0.25) is 0 Å². The van der Waals surface area contributed by atoms with Gasteiger partial charge in [-0.05, 0) is 36.8 Å². The normalized spacial score (nSPS) is 14.2. The lowest BCUT2D eigenvalue weighted by atomic mass is 9.85. The number of hydrogen-bond acceptors (Lipinski definition) is 4. The van der Waals surface area contributed by atoms with Gasteiger partial charge in [0.25, 0.3) is 0 Å². The summed E-state index contributed by atoms with van der Waals surface area (Å²) in [7, 11) is 0. The van der Waals surface area contributed by atoms with Gasteiger partial charge in [0.1, 0.15) is 11.5 Å². The van der Waals surface area contributed by atoms with Crippen molar-refractivity contribution in [3.8, 4) is 5.75 Å². The van der Waals surface area contributed by atoms with E-state index in [2.05, 4.69) is 0 Å². The first-order valence-corrected chi connectivity index (χ1v) is 10.6. The number of benzene rings is 2. The van der Waals surface area contributed by atoms with Crippen molar-refractivity contribution >= 4 is 5.78 Å². The Morgan fingerprint density at radius 1 is 0.800 bits per heavy atom. The van der Waals surface area contributed by atoms with Crippen LogP contribution >= 0.6 is 0 Å². The van der Waals surface area contributed by atoms with Crippen LogP contribution < -0.4 is 5.63 Å². The third-order valence-corrected chi connectivity index (χ3v) is 5.85. The second-order valence-electron chi connectivity index (χ2n) is 8.01. The molecule has 0 spiro atoms. The van der Waals surface area contributed by atoms with Crippen LogP contribution in [0.5, 0.6) is 5.75 Å². The van der Waals surface area contributed by atoms with E-state index in [4.69, 9.17) is 4.42 Å². The molecule has 1 heterocycles. The Bertz CT molecular complexity index is 1030. The number of aryl methyl sites for hydroxylation is 1. The van der Waals surface area contributed by atoms with E-state index in [0.717, 1.165) is 30.4 Å². The molecule has 3 aromatic rings. The molecule has 1 aliphatic carbocycles. The summed E-state index contributed by atoms with van der Waals surface area (Å²) in [5.74, 6) is -0.269. The molecular formula is C26H26O4. The highest BCUT2D eigenvalue weighted by molar-refractivity contribution is 5.99. The average Bonchev–Trinajstić information content (AvgIpc) is 2.73. The second kappa shape index (κ2) is 9.12. The molecule has 30 heavy (non-hydrogen) atoms. The summed E-state index contributed by atoms with van der Waals surface area (Å²) in [6.45, 7) is 0. The largest absolute Gasteiger partial charge is 0.506 e. The van der Waals surface area contributed by atoms with E-state index >= 15 is 0 Å². The number of carbonyl (C=O) groups is 1. The van der Waals surface area contributed by atoms with Gasteiger partial charge in [-0.25, -0.2) is 4.79 Å². The van der Waals surface area contributed by atoms with Crippen LogP contribution in [0.15, 0.2) is 69.9 Å². The SMILES string of the molecule is O=C1CCCCCc2oc(=O)c(C(Cc3ccccc3)Cc3ccccc3)c(O)c21. The fourth-order valence-corrected chi connectivity index (χ4v) is 4.35. The number of Topliss-reactive ketones (excluding diaryl/α,β-unsaturated/α-hetero) is 1. The van der Waals surface area contributed by atoms with Crippen LogP contribution in [0.25, 0.3) is 0 Å². The second-order valence-corrected chi connectivity index (χ2v) is 8.01. The molecule has 2 aromatic carbocycles. The number of rotatable bonds is 5. The Morgan fingerprint density at radius 2 is 1.37 bits per heavy atom. The Hall–Kier alpha value is -3.14. The predicted molar refractivity (Wildman–Crippen MR) is 116 cm³/mol. The van der Waals surface area contributed by atoms with Crippen LogP contribution in [0.4, 0.5) is 0 Å². The third-order valence-electron chi connectivity index (χ3n) is 5.85. The maximum absolute atomic E-state index is 13.0. The zero-order valence-corrected chi connectivity index (χ0v) is 17.0. The van der Waals surface area contributed by atoms with Gasteiger partial charge in [0.05, 0.1) is 11.1 Å². The number of hydrogen-bond donors (Lipinski definition) is 1. The lowest BCUT2D eigenvalue weighted by Crippen LogP contribution is -2.21. The van der Waals surface area contributed by atoms with Crippen molar-refractivity contribution in [2.45, 2.75) is 50.9 Å². The molecule has 154 valence electrons. The quantitative estimate of drug-likeness (QED) is 0.636. The molecule has 1 aliphatic rings. The Labute approximate surface area is 176 Å². The Kier molecular flexibility index (Phi) is 6.12. The summed E-state index contributed by atoms with van der Waals surface area (Å²) in [6, 6.07) is 19.8. The van der Waals surface area contributed by atoms with E-state index in [1.807, 2.05) is 60.7 Å². The lowest BCUT2D eigenvalue weighted by Gasteiger charge is -2.21. The minimum atomic E-state index is -0.531. The van der Waals surface area contributed by atoms with Crippen LogP contribution in [0.3, 0.4) is 0 Å². The summed E-state index contributed by atoms with van der Waals surface area (Å²) in [6.07, 6.45) is 4.58. The molecule has 4 heteroatoms. The molecule has 0 saturated heterocycles. The zero-order chi connectivity index (χ0) is 20.9. The first-order chi connectivity index (χ1) is 14.6. The van der Waals surface area contributed by atoms with Gasteiger partial charge < -0.3 is 9.52 Å². The summed E-state index contributed by atoms with van der Waals surface area (Å²) >= 11 is 0. The molecule has 4 rings (SSSR count). The number of fused-ring (bicyclic) bond motifs is 1. The average molecular weight is 402 g/mol. The zero-order valence-electron chi connectivity index (χ0n) is 17.0. The van der Waals surface area contributed by atoms with E-state index in [-0.39, 0.29) is 28.6 Å². The summed E-state index contributed by atoms with van der Waals surface area (Å²) < 4.78 is 5.64. The molecule has 0 unspecified atom stereocenters. The molecule has 1 aromatic heterocycles. The van der Waals surface area contributed by atoms with Crippen LogP contribution in [0.2, 0.25) is 0 Å². The minimum absolute atomic E-state index is 0.134. The highest BCUT2D eigenvalue weighted by atomic mass is 16.4. The molecule has 1 N–H and O–H groups in total.